The lowest BCUT2D eigenvalue weighted by Gasteiger charge is -2.16. The van der Waals surface area contributed by atoms with Crippen LogP contribution >= 0.6 is 23.2 Å². The number of aliphatic hydroxyl groups excluding tert-OH is 1. The normalized spacial score (nSPS) is 14.3. The molecule has 0 aromatic heterocycles. The number of hydrogen-bond acceptors (Lipinski definition) is 4. The third kappa shape index (κ3) is 3.89. The number of alkyl halides is 3. The number of nitrogens with one attached hydrogen (secondary N) is 1. The van der Waals surface area contributed by atoms with Crippen molar-refractivity contribution in [1.29, 1.82) is 0 Å². The highest BCUT2D eigenvalue weighted by Crippen LogP contribution is 2.33. The summed E-state index contributed by atoms with van der Waals surface area (Å²) in [6.45, 7) is -1.25. The van der Waals surface area contributed by atoms with Gasteiger partial charge >= 0.3 is 6.18 Å². The summed E-state index contributed by atoms with van der Waals surface area (Å²) in [4.78, 5) is -0.532. The molecule has 1 unspecified atom stereocenters. The first-order valence-corrected chi connectivity index (χ1v) is 7.18. The summed E-state index contributed by atoms with van der Waals surface area (Å²) in [5.74, 6) is 0. The Bertz CT molecular complexity index is 607. The molecule has 0 aliphatic rings. The highest BCUT2D eigenvalue weighted by molar-refractivity contribution is 7.89. The van der Waals surface area contributed by atoms with Crippen LogP contribution in [0.1, 0.15) is 0 Å². The molecule has 1 rings (SSSR count). The average molecular weight is 353 g/mol. The number of sulfonamides is 1. The Morgan fingerprint density at radius 3 is 2.40 bits per heavy atom. The van der Waals surface area contributed by atoms with E-state index in [0.29, 0.717) is 0 Å². The van der Waals surface area contributed by atoms with Gasteiger partial charge in [-0.1, -0.05) is 23.2 Å². The first kappa shape index (κ1) is 17.3. The molecule has 0 heterocycles. The van der Waals surface area contributed by atoms with Crippen molar-refractivity contribution in [3.63, 3.8) is 0 Å². The van der Waals surface area contributed by atoms with Gasteiger partial charge in [0, 0.05) is 6.54 Å². The molecule has 0 fully saturated rings. The minimum atomic E-state index is -4.94. The van der Waals surface area contributed by atoms with Crippen LogP contribution in [0.15, 0.2) is 17.0 Å². The van der Waals surface area contributed by atoms with Crippen molar-refractivity contribution in [3.05, 3.63) is 22.2 Å². The summed E-state index contributed by atoms with van der Waals surface area (Å²) in [5.41, 5.74) is 5.20. The molecule has 1 aromatic carbocycles. The monoisotopic (exact) mass is 352 g/mol. The Morgan fingerprint density at radius 2 is 1.90 bits per heavy atom. The van der Waals surface area contributed by atoms with E-state index in [1.807, 2.05) is 0 Å². The average Bonchev–Trinajstić information content (AvgIpc) is 2.31. The molecule has 11 heteroatoms. The van der Waals surface area contributed by atoms with Gasteiger partial charge in [0.05, 0.1) is 15.7 Å². The van der Waals surface area contributed by atoms with E-state index in [-0.39, 0.29) is 10.7 Å². The molecule has 114 valence electrons. The first-order valence-electron chi connectivity index (χ1n) is 4.94. The van der Waals surface area contributed by atoms with Crippen LogP contribution < -0.4 is 10.5 Å². The zero-order chi connectivity index (χ0) is 15.7. The molecule has 0 radical (unpaired) electrons. The van der Waals surface area contributed by atoms with E-state index in [1.165, 1.54) is 0 Å². The Kier molecular flexibility index (Phi) is 5.14. The Morgan fingerprint density at radius 1 is 1.35 bits per heavy atom. The molecule has 1 atom stereocenters. The lowest BCUT2D eigenvalue weighted by molar-refractivity contribution is -0.200. The van der Waals surface area contributed by atoms with E-state index in [9.17, 15) is 21.6 Å². The van der Waals surface area contributed by atoms with E-state index >= 15 is 0 Å². The van der Waals surface area contributed by atoms with Crippen LogP contribution in [-0.2, 0) is 10.0 Å². The minimum absolute atomic E-state index is 0.00396. The second-order valence-electron chi connectivity index (χ2n) is 3.68. The van der Waals surface area contributed by atoms with Crippen LogP contribution in [0, 0.1) is 0 Å². The summed E-state index contributed by atoms with van der Waals surface area (Å²) < 4.78 is 61.4. The molecule has 0 spiro atoms. The maximum atomic E-state index is 12.1. The van der Waals surface area contributed by atoms with E-state index in [0.717, 1.165) is 12.1 Å². The second-order valence-corrected chi connectivity index (χ2v) is 6.20. The van der Waals surface area contributed by atoms with E-state index in [4.69, 9.17) is 34.0 Å². The van der Waals surface area contributed by atoms with Crippen LogP contribution in [0.3, 0.4) is 0 Å². The molecule has 0 bridgehead atoms. The molecule has 0 saturated heterocycles. The molecule has 0 aliphatic heterocycles. The van der Waals surface area contributed by atoms with Crippen molar-refractivity contribution in [2.24, 2.45) is 0 Å². The Hall–Kier alpha value is -0.740. The number of benzene rings is 1. The van der Waals surface area contributed by atoms with Crippen molar-refractivity contribution >= 4 is 38.9 Å². The third-order valence-electron chi connectivity index (χ3n) is 2.23. The lowest BCUT2D eigenvalue weighted by atomic mass is 10.3. The topological polar surface area (TPSA) is 92.4 Å². The number of aliphatic hydroxyl groups is 1. The molecule has 0 saturated carbocycles. The summed E-state index contributed by atoms with van der Waals surface area (Å²) in [5, 5.41) is 8.33. The molecule has 20 heavy (non-hydrogen) atoms. The highest BCUT2D eigenvalue weighted by Gasteiger charge is 2.38. The number of halogens is 5. The Labute approximate surface area is 122 Å². The predicted molar refractivity (Wildman–Crippen MR) is 68.1 cm³/mol. The zero-order valence-electron chi connectivity index (χ0n) is 9.58. The van der Waals surface area contributed by atoms with E-state index in [2.05, 4.69) is 0 Å². The largest absolute Gasteiger partial charge is 0.415 e. The van der Waals surface area contributed by atoms with Gasteiger partial charge in [0.15, 0.2) is 6.10 Å². The standard InChI is InChI=1S/C9H9Cl2F3N2O3S/c10-4-1-2-5(7(11)8(4)15)20(18,19)16-3-6(17)9(12,13)14/h1-2,6,16-17H,3,15H2. The number of anilines is 1. The number of rotatable bonds is 4. The van der Waals surface area contributed by atoms with Crippen LogP contribution in [0.4, 0.5) is 18.9 Å². The molecule has 0 amide bonds. The van der Waals surface area contributed by atoms with Gasteiger partial charge in [0.1, 0.15) is 4.90 Å². The minimum Gasteiger partial charge on any atom is -0.396 e. The Balaban J connectivity index is 2.99. The van der Waals surface area contributed by atoms with E-state index < -0.39 is 38.8 Å². The maximum absolute atomic E-state index is 12.1. The molecule has 1 aromatic rings. The third-order valence-corrected chi connectivity index (χ3v) is 4.54. The second kappa shape index (κ2) is 5.94. The van der Waals surface area contributed by atoms with Crippen LogP contribution in [0.2, 0.25) is 10.0 Å². The van der Waals surface area contributed by atoms with Gasteiger partial charge in [0.25, 0.3) is 0 Å². The van der Waals surface area contributed by atoms with Gasteiger partial charge in [-0.3, -0.25) is 0 Å². The molecular weight excluding hydrogens is 344 g/mol. The van der Waals surface area contributed by atoms with Gasteiger partial charge in [-0.05, 0) is 12.1 Å². The van der Waals surface area contributed by atoms with Crippen molar-refractivity contribution in [2.75, 3.05) is 12.3 Å². The quantitative estimate of drug-likeness (QED) is 0.720. The van der Waals surface area contributed by atoms with Crippen LogP contribution in [0.5, 0.6) is 0 Å². The van der Waals surface area contributed by atoms with Crippen molar-refractivity contribution in [3.8, 4) is 0 Å². The van der Waals surface area contributed by atoms with Gasteiger partial charge in [-0.15, -0.1) is 0 Å². The summed E-state index contributed by atoms with van der Waals surface area (Å²) in [6, 6.07) is 2.13. The smallest absolute Gasteiger partial charge is 0.396 e. The number of nitrogens with two attached hydrogens (primary N) is 1. The van der Waals surface area contributed by atoms with Gasteiger partial charge < -0.3 is 10.8 Å². The fourth-order valence-electron chi connectivity index (χ4n) is 1.14. The fourth-order valence-corrected chi connectivity index (χ4v) is 2.94. The fraction of sp³-hybridized carbons (Fsp3) is 0.333. The summed E-state index contributed by atoms with van der Waals surface area (Å²) in [7, 11) is -4.37. The molecular formula is C9H9Cl2F3N2O3S. The van der Waals surface area contributed by atoms with Crippen molar-refractivity contribution in [1.82, 2.24) is 4.72 Å². The van der Waals surface area contributed by atoms with Gasteiger partial charge in [0.2, 0.25) is 10.0 Å². The van der Waals surface area contributed by atoms with Gasteiger partial charge in [-0.25, -0.2) is 13.1 Å². The SMILES string of the molecule is Nc1c(Cl)ccc(S(=O)(=O)NCC(O)C(F)(F)F)c1Cl. The van der Waals surface area contributed by atoms with Crippen molar-refractivity contribution < 1.29 is 26.7 Å². The van der Waals surface area contributed by atoms with Crippen LogP contribution in [0.25, 0.3) is 0 Å². The van der Waals surface area contributed by atoms with Crippen LogP contribution in [-0.4, -0.2) is 32.3 Å². The molecule has 5 nitrogen and oxygen atoms in total. The van der Waals surface area contributed by atoms with Gasteiger partial charge in [-0.2, -0.15) is 13.2 Å². The number of nitrogen functional groups attached to an aromatic ring is 1. The first-order chi connectivity index (χ1) is 8.97. The van der Waals surface area contributed by atoms with E-state index in [1.54, 1.807) is 4.72 Å². The molecule has 4 N–H and O–H groups in total. The van der Waals surface area contributed by atoms with Crippen molar-refractivity contribution in [2.45, 2.75) is 17.2 Å². The lowest BCUT2D eigenvalue weighted by Crippen LogP contribution is -2.40. The maximum Gasteiger partial charge on any atom is 0.415 e. The number of hydrogen-bond donors (Lipinski definition) is 3. The highest BCUT2D eigenvalue weighted by atomic mass is 35.5. The summed E-state index contributed by atoms with van der Waals surface area (Å²) in [6.07, 6.45) is -7.77. The molecule has 0 aliphatic carbocycles. The zero-order valence-corrected chi connectivity index (χ0v) is 11.9. The summed E-state index contributed by atoms with van der Waals surface area (Å²) >= 11 is 11.3. The predicted octanol–water partition coefficient (Wildman–Crippen LogP) is 1.78.